The maximum absolute atomic E-state index is 15.2. The van der Waals surface area contributed by atoms with Crippen molar-refractivity contribution in [3.63, 3.8) is 0 Å². The van der Waals surface area contributed by atoms with Gasteiger partial charge < -0.3 is 20.3 Å². The summed E-state index contributed by atoms with van der Waals surface area (Å²) in [4.78, 5) is 27.3. The molecule has 3 heterocycles. The van der Waals surface area contributed by atoms with E-state index in [0.29, 0.717) is 35.2 Å². The number of likely N-dealkylation sites (tertiary alicyclic amines) is 1. The van der Waals surface area contributed by atoms with Crippen LogP contribution in [0.25, 0.3) is 11.1 Å². The summed E-state index contributed by atoms with van der Waals surface area (Å²) in [5.74, 6) is -0.587. The number of nitrogens with zero attached hydrogens (tertiary/aromatic N) is 2. The highest BCUT2D eigenvalue weighted by Crippen LogP contribution is 2.44. The minimum absolute atomic E-state index is 0.0944. The lowest BCUT2D eigenvalue weighted by molar-refractivity contribution is -0.124. The highest BCUT2D eigenvalue weighted by Gasteiger charge is 2.49. The number of piperidine rings is 1. The van der Waals surface area contributed by atoms with Crippen LogP contribution >= 0.6 is 0 Å². The van der Waals surface area contributed by atoms with Crippen molar-refractivity contribution in [3.8, 4) is 17.2 Å². The van der Waals surface area contributed by atoms with Gasteiger partial charge in [-0.2, -0.15) is 5.26 Å². The molecule has 8 heteroatoms. The Balaban J connectivity index is 1.19. The Hall–Kier alpha value is -3.28. The summed E-state index contributed by atoms with van der Waals surface area (Å²) >= 11 is 0. The summed E-state index contributed by atoms with van der Waals surface area (Å²) in [5, 5.41) is 15.7. The quantitative estimate of drug-likeness (QED) is 0.629. The van der Waals surface area contributed by atoms with E-state index in [0.717, 1.165) is 43.4 Å². The average molecular weight is 489 g/mol. The van der Waals surface area contributed by atoms with Gasteiger partial charge in [-0.05, 0) is 67.1 Å². The first-order valence-electron chi connectivity index (χ1n) is 12.7. The van der Waals surface area contributed by atoms with Crippen LogP contribution in [-0.4, -0.2) is 55.0 Å². The molecule has 1 spiro atoms. The van der Waals surface area contributed by atoms with Crippen LogP contribution in [-0.2, 0) is 21.6 Å². The molecule has 1 unspecified atom stereocenters. The molecule has 1 amide bonds. The van der Waals surface area contributed by atoms with Crippen LogP contribution in [0, 0.1) is 23.1 Å². The summed E-state index contributed by atoms with van der Waals surface area (Å²) in [7, 11) is 2.00. The van der Waals surface area contributed by atoms with E-state index in [1.54, 1.807) is 12.1 Å². The van der Waals surface area contributed by atoms with E-state index in [-0.39, 0.29) is 24.3 Å². The van der Waals surface area contributed by atoms with E-state index in [1.165, 1.54) is 6.07 Å². The molecule has 1 aliphatic carbocycles. The second kappa shape index (κ2) is 8.68. The average Bonchev–Trinajstić information content (AvgIpc) is 3.65. The zero-order valence-corrected chi connectivity index (χ0v) is 20.2. The van der Waals surface area contributed by atoms with E-state index in [2.05, 4.69) is 21.6 Å². The van der Waals surface area contributed by atoms with Crippen molar-refractivity contribution in [1.29, 1.82) is 5.26 Å². The molecule has 0 aromatic heterocycles. The molecule has 3 aliphatic heterocycles. The lowest BCUT2D eigenvalue weighted by Crippen LogP contribution is -2.50. The zero-order valence-electron chi connectivity index (χ0n) is 20.2. The van der Waals surface area contributed by atoms with Crippen molar-refractivity contribution in [2.24, 2.45) is 5.92 Å². The number of likely N-dealkylation sites (N-methyl/N-ethyl adjacent to an activating group) is 1. The summed E-state index contributed by atoms with van der Waals surface area (Å²) in [5.41, 5.74) is 2.66. The highest BCUT2D eigenvalue weighted by molar-refractivity contribution is 5.95. The van der Waals surface area contributed by atoms with E-state index in [9.17, 15) is 14.9 Å². The Bertz CT molecular complexity index is 1290. The Kier molecular flexibility index (Phi) is 5.58. The number of carbonyl (C=O) groups excluding carboxylic acids is 2. The van der Waals surface area contributed by atoms with Crippen molar-refractivity contribution < 1.29 is 18.7 Å². The lowest BCUT2D eigenvalue weighted by Gasteiger charge is -2.24. The Morgan fingerprint density at radius 2 is 2.11 bits per heavy atom. The fourth-order valence-electron chi connectivity index (χ4n) is 6.49. The summed E-state index contributed by atoms with van der Waals surface area (Å²) < 4.78 is 21.0. The van der Waals surface area contributed by atoms with Gasteiger partial charge in [0.1, 0.15) is 11.9 Å². The monoisotopic (exact) mass is 488 g/mol. The number of halogens is 1. The summed E-state index contributed by atoms with van der Waals surface area (Å²) in [6, 6.07) is 11.9. The molecule has 1 saturated carbocycles. The van der Waals surface area contributed by atoms with Crippen LogP contribution in [0.5, 0.6) is 0 Å². The van der Waals surface area contributed by atoms with Gasteiger partial charge >= 0.3 is 5.97 Å². The number of amides is 1. The number of ether oxygens (including phenoxy) is 1. The molecule has 6 rings (SSSR count). The standard InChI is InChI=1S/C28H29FN4O3/c1-33-9-8-28(15-33)23-12-16(5-7-22(23)27(35)36-28)17-2-3-18(24(29)13-17)10-21(14-30)32-26(34)25-19-4-6-20(11-19)31-25/h2-3,5,7,12-13,19-21,25,31H,4,6,8-11,15H2,1H3,(H,32,34)/t19-,20+,21-,25-,28?/m0/s1. The van der Waals surface area contributed by atoms with Gasteiger partial charge in [0.05, 0.1) is 17.7 Å². The maximum atomic E-state index is 15.2. The minimum Gasteiger partial charge on any atom is -0.449 e. The van der Waals surface area contributed by atoms with Gasteiger partial charge in [-0.1, -0.05) is 18.2 Å². The molecule has 186 valence electrons. The van der Waals surface area contributed by atoms with Gasteiger partial charge in [0.15, 0.2) is 5.60 Å². The molecule has 7 nitrogen and oxygen atoms in total. The number of nitrogens with one attached hydrogen (secondary N) is 2. The maximum Gasteiger partial charge on any atom is 0.339 e. The molecule has 2 aromatic carbocycles. The van der Waals surface area contributed by atoms with Crippen molar-refractivity contribution >= 4 is 11.9 Å². The fraction of sp³-hybridized carbons (Fsp3) is 0.464. The normalized spacial score (nSPS) is 29.2. The lowest BCUT2D eigenvalue weighted by atomic mass is 9.88. The van der Waals surface area contributed by atoms with Crippen LogP contribution < -0.4 is 10.6 Å². The van der Waals surface area contributed by atoms with Crippen molar-refractivity contribution in [1.82, 2.24) is 15.5 Å². The second-order valence-electron chi connectivity index (χ2n) is 10.7. The molecule has 0 radical (unpaired) electrons. The van der Waals surface area contributed by atoms with E-state index in [4.69, 9.17) is 4.74 Å². The van der Waals surface area contributed by atoms with Gasteiger partial charge in [0, 0.05) is 37.5 Å². The zero-order chi connectivity index (χ0) is 25.0. The third kappa shape index (κ3) is 3.87. The molecule has 3 fully saturated rings. The number of fused-ring (bicyclic) bond motifs is 4. The molecule has 4 aliphatic rings. The Labute approximate surface area is 209 Å². The minimum atomic E-state index is -0.804. The number of esters is 1. The van der Waals surface area contributed by atoms with Gasteiger partial charge in [-0.25, -0.2) is 9.18 Å². The molecule has 2 N–H and O–H groups in total. The van der Waals surface area contributed by atoms with Gasteiger partial charge in [0.25, 0.3) is 0 Å². The smallest absolute Gasteiger partial charge is 0.339 e. The number of benzene rings is 2. The molecular weight excluding hydrogens is 459 g/mol. The number of hydrogen-bond donors (Lipinski definition) is 2. The van der Waals surface area contributed by atoms with Crippen LogP contribution in [0.15, 0.2) is 36.4 Å². The molecule has 5 atom stereocenters. The first kappa shape index (κ1) is 23.1. The van der Waals surface area contributed by atoms with Crippen molar-refractivity contribution in [2.45, 2.75) is 55.8 Å². The number of nitriles is 1. The third-order valence-electron chi connectivity index (χ3n) is 8.37. The number of rotatable bonds is 5. The van der Waals surface area contributed by atoms with Gasteiger partial charge in [-0.15, -0.1) is 0 Å². The third-order valence-corrected chi connectivity index (χ3v) is 8.37. The van der Waals surface area contributed by atoms with Crippen LogP contribution in [0.2, 0.25) is 0 Å². The van der Waals surface area contributed by atoms with Crippen LogP contribution in [0.3, 0.4) is 0 Å². The topological polar surface area (TPSA) is 94.5 Å². The first-order chi connectivity index (χ1) is 17.3. The van der Waals surface area contributed by atoms with Crippen molar-refractivity contribution in [3.05, 3.63) is 58.9 Å². The first-order valence-corrected chi connectivity index (χ1v) is 12.7. The summed E-state index contributed by atoms with van der Waals surface area (Å²) in [6.45, 7) is 1.48. The Morgan fingerprint density at radius 3 is 2.78 bits per heavy atom. The van der Waals surface area contributed by atoms with Crippen LogP contribution in [0.1, 0.15) is 47.2 Å². The fourth-order valence-corrected chi connectivity index (χ4v) is 6.49. The molecule has 36 heavy (non-hydrogen) atoms. The van der Waals surface area contributed by atoms with E-state index < -0.39 is 17.5 Å². The highest BCUT2D eigenvalue weighted by atomic mass is 19.1. The van der Waals surface area contributed by atoms with E-state index in [1.807, 2.05) is 25.2 Å². The van der Waals surface area contributed by atoms with Gasteiger partial charge in [0.2, 0.25) is 5.91 Å². The molecule has 2 saturated heterocycles. The molecule has 2 bridgehead atoms. The van der Waals surface area contributed by atoms with E-state index >= 15 is 4.39 Å². The van der Waals surface area contributed by atoms with Gasteiger partial charge in [-0.3, -0.25) is 4.79 Å². The molecule has 2 aromatic rings. The SMILES string of the molecule is CN1CCC2(C1)OC(=O)c1ccc(-c3ccc(C[C@@H](C#N)NC(=O)[C@H]4N[C@@H]5CC[C@H]4C5)c(F)c3)cc12. The Morgan fingerprint density at radius 1 is 1.31 bits per heavy atom. The predicted octanol–water partition coefficient (Wildman–Crippen LogP) is 2.89. The predicted molar refractivity (Wildman–Crippen MR) is 130 cm³/mol. The summed E-state index contributed by atoms with van der Waals surface area (Å²) in [6.07, 6.45) is 3.96. The largest absolute Gasteiger partial charge is 0.449 e. The molecular formula is C28H29FN4O3. The van der Waals surface area contributed by atoms with Crippen LogP contribution in [0.4, 0.5) is 4.39 Å². The second-order valence-corrected chi connectivity index (χ2v) is 10.7. The van der Waals surface area contributed by atoms with Crippen molar-refractivity contribution in [2.75, 3.05) is 20.1 Å². The number of carbonyl (C=O) groups is 2. The number of hydrogen-bond acceptors (Lipinski definition) is 6.